The Labute approximate surface area is 190 Å². The summed E-state index contributed by atoms with van der Waals surface area (Å²) in [6.07, 6.45) is 1.09. The molecule has 1 aliphatic rings. The number of carbonyl (C=O) groups is 2. The zero-order valence-electron chi connectivity index (χ0n) is 17.4. The van der Waals surface area contributed by atoms with E-state index in [1.54, 1.807) is 6.07 Å². The van der Waals surface area contributed by atoms with E-state index >= 15 is 0 Å². The van der Waals surface area contributed by atoms with Crippen LogP contribution in [0.2, 0.25) is 0 Å². The van der Waals surface area contributed by atoms with Crippen LogP contribution >= 0.6 is 11.7 Å². The van der Waals surface area contributed by atoms with Gasteiger partial charge in [0, 0.05) is 19.4 Å². The van der Waals surface area contributed by atoms with Crippen molar-refractivity contribution >= 4 is 40.3 Å². The van der Waals surface area contributed by atoms with Gasteiger partial charge < -0.3 is 10.2 Å². The number of carbonyl (C=O) groups excluding carboxylic acids is 2. The third-order valence-electron chi connectivity index (χ3n) is 5.85. The van der Waals surface area contributed by atoms with Crippen LogP contribution in [-0.2, 0) is 16.0 Å². The fourth-order valence-corrected chi connectivity index (χ4v) is 4.86. The van der Waals surface area contributed by atoms with Crippen molar-refractivity contribution in [3.63, 3.8) is 0 Å². The van der Waals surface area contributed by atoms with Crippen molar-refractivity contribution in [3.8, 4) is 0 Å². The molecule has 1 aromatic heterocycles. The van der Waals surface area contributed by atoms with Gasteiger partial charge in [-0.2, -0.15) is 8.75 Å². The maximum absolute atomic E-state index is 13.2. The molecule has 2 amide bonds. The summed E-state index contributed by atoms with van der Waals surface area (Å²) < 4.78 is 8.44. The molecule has 1 N–H and O–H groups in total. The van der Waals surface area contributed by atoms with Crippen LogP contribution in [0.25, 0.3) is 11.0 Å². The first-order chi connectivity index (χ1) is 15.7. The van der Waals surface area contributed by atoms with E-state index in [-0.39, 0.29) is 30.7 Å². The van der Waals surface area contributed by atoms with Crippen LogP contribution in [0.5, 0.6) is 0 Å². The number of aromatic nitrogens is 2. The average molecular weight is 443 g/mol. The van der Waals surface area contributed by atoms with Crippen molar-refractivity contribution in [1.82, 2.24) is 13.6 Å². The molecule has 0 spiro atoms. The highest BCUT2D eigenvalue weighted by atomic mass is 32.1. The van der Waals surface area contributed by atoms with Crippen molar-refractivity contribution in [2.45, 2.75) is 25.3 Å². The largest absolute Gasteiger partial charge is 0.331 e. The monoisotopic (exact) mass is 442 g/mol. The van der Waals surface area contributed by atoms with E-state index in [0.29, 0.717) is 17.7 Å². The number of fused-ring (bicyclic) bond motifs is 2. The second-order valence-electron chi connectivity index (χ2n) is 7.83. The average Bonchev–Trinajstić information content (AvgIpc) is 3.32. The number of amides is 2. The number of nitrogens with one attached hydrogen (secondary N) is 1. The van der Waals surface area contributed by atoms with Gasteiger partial charge in [-0.25, -0.2) is 0 Å². The Kier molecular flexibility index (Phi) is 5.64. The summed E-state index contributed by atoms with van der Waals surface area (Å²) in [5.41, 5.74) is 5.57. The molecule has 2 heterocycles. The summed E-state index contributed by atoms with van der Waals surface area (Å²) in [6, 6.07) is 23.7. The standard InChI is InChI=1S/C25H22N4O2S/c30-22(26-20-11-6-12-21-24(20)28-32-27-21)13-14-23(31)29-16-15-17-7-4-5-10-19(17)25(29)18-8-2-1-3-9-18/h1-12,25H,13-16H2,(H,26,30)/t25-/m0/s1. The number of anilines is 1. The Morgan fingerprint density at radius 2 is 1.75 bits per heavy atom. The highest BCUT2D eigenvalue weighted by Gasteiger charge is 2.31. The second-order valence-corrected chi connectivity index (χ2v) is 8.36. The Bertz CT molecular complexity index is 1270. The summed E-state index contributed by atoms with van der Waals surface area (Å²) in [6.45, 7) is 0.640. The van der Waals surface area contributed by atoms with E-state index in [1.807, 2.05) is 47.4 Å². The Morgan fingerprint density at radius 1 is 0.938 bits per heavy atom. The zero-order chi connectivity index (χ0) is 21.9. The maximum atomic E-state index is 13.2. The molecule has 6 nitrogen and oxygen atoms in total. The molecular formula is C25H22N4O2S. The Balaban J connectivity index is 1.31. The van der Waals surface area contributed by atoms with Gasteiger partial charge in [0.05, 0.1) is 23.5 Å². The summed E-state index contributed by atoms with van der Waals surface area (Å²) in [7, 11) is 0. The molecule has 0 saturated heterocycles. The Hall–Kier alpha value is -3.58. The third kappa shape index (κ3) is 3.99. The van der Waals surface area contributed by atoms with E-state index in [2.05, 4.69) is 38.3 Å². The maximum Gasteiger partial charge on any atom is 0.224 e. The lowest BCUT2D eigenvalue weighted by atomic mass is 9.88. The lowest BCUT2D eigenvalue weighted by Gasteiger charge is -2.38. The topological polar surface area (TPSA) is 75.2 Å². The van der Waals surface area contributed by atoms with Crippen LogP contribution in [0.15, 0.2) is 72.8 Å². The van der Waals surface area contributed by atoms with Crippen LogP contribution < -0.4 is 5.32 Å². The van der Waals surface area contributed by atoms with Crippen molar-refractivity contribution in [1.29, 1.82) is 0 Å². The second kappa shape index (κ2) is 8.88. The zero-order valence-corrected chi connectivity index (χ0v) is 18.2. The Morgan fingerprint density at radius 3 is 2.62 bits per heavy atom. The highest BCUT2D eigenvalue weighted by molar-refractivity contribution is 7.00. The molecule has 0 unspecified atom stereocenters. The summed E-state index contributed by atoms with van der Waals surface area (Å²) in [5.74, 6) is -0.218. The molecule has 1 aliphatic heterocycles. The van der Waals surface area contributed by atoms with Crippen molar-refractivity contribution in [2.75, 3.05) is 11.9 Å². The van der Waals surface area contributed by atoms with Gasteiger partial charge in [0.15, 0.2) is 0 Å². The molecule has 0 aliphatic carbocycles. The van der Waals surface area contributed by atoms with Gasteiger partial charge in [-0.15, -0.1) is 0 Å². The molecule has 3 aromatic carbocycles. The van der Waals surface area contributed by atoms with Crippen molar-refractivity contribution in [3.05, 3.63) is 89.5 Å². The van der Waals surface area contributed by atoms with Crippen molar-refractivity contribution < 1.29 is 9.59 Å². The van der Waals surface area contributed by atoms with E-state index < -0.39 is 0 Å². The first-order valence-corrected chi connectivity index (χ1v) is 11.4. The quantitative estimate of drug-likeness (QED) is 0.491. The summed E-state index contributed by atoms with van der Waals surface area (Å²) in [4.78, 5) is 27.7. The number of hydrogen-bond acceptors (Lipinski definition) is 5. The predicted octanol–water partition coefficient (Wildman–Crippen LogP) is 4.58. The van der Waals surface area contributed by atoms with Crippen LogP contribution in [0.1, 0.15) is 35.6 Å². The van der Waals surface area contributed by atoms with Crippen LogP contribution in [0.3, 0.4) is 0 Å². The molecule has 0 radical (unpaired) electrons. The third-order valence-corrected chi connectivity index (χ3v) is 6.39. The van der Waals surface area contributed by atoms with Gasteiger partial charge in [-0.3, -0.25) is 9.59 Å². The molecule has 0 fully saturated rings. The number of rotatable bonds is 5. The SMILES string of the molecule is O=C(CCC(=O)N1CCc2ccccc2[C@@H]1c1ccccc1)Nc1cccc2nsnc12. The van der Waals surface area contributed by atoms with Crippen LogP contribution in [-0.4, -0.2) is 32.0 Å². The molecule has 160 valence electrons. The molecule has 7 heteroatoms. The molecule has 0 bridgehead atoms. The minimum atomic E-state index is -0.201. The van der Waals surface area contributed by atoms with Gasteiger partial charge in [0.25, 0.3) is 0 Å². The molecule has 4 aromatic rings. The van der Waals surface area contributed by atoms with Gasteiger partial charge in [0.2, 0.25) is 11.8 Å². The fraction of sp³-hybridized carbons (Fsp3) is 0.200. The van der Waals surface area contributed by atoms with E-state index in [1.165, 1.54) is 5.56 Å². The lowest BCUT2D eigenvalue weighted by molar-refractivity contribution is -0.134. The minimum absolute atomic E-state index is 0.0166. The fourth-order valence-electron chi connectivity index (χ4n) is 4.31. The first-order valence-electron chi connectivity index (χ1n) is 10.6. The number of nitrogens with zero attached hydrogens (tertiary/aromatic N) is 3. The summed E-state index contributed by atoms with van der Waals surface area (Å²) >= 11 is 1.11. The predicted molar refractivity (Wildman–Crippen MR) is 125 cm³/mol. The van der Waals surface area contributed by atoms with Crippen LogP contribution in [0, 0.1) is 0 Å². The van der Waals surface area contributed by atoms with E-state index in [9.17, 15) is 9.59 Å². The lowest BCUT2D eigenvalue weighted by Crippen LogP contribution is -2.40. The smallest absolute Gasteiger partial charge is 0.224 e. The molecule has 5 rings (SSSR count). The molecular weight excluding hydrogens is 420 g/mol. The van der Waals surface area contributed by atoms with Gasteiger partial charge >= 0.3 is 0 Å². The summed E-state index contributed by atoms with van der Waals surface area (Å²) in [5, 5.41) is 2.88. The van der Waals surface area contributed by atoms with Gasteiger partial charge in [-0.1, -0.05) is 60.7 Å². The van der Waals surface area contributed by atoms with Gasteiger partial charge in [-0.05, 0) is 35.2 Å². The number of benzene rings is 3. The number of hydrogen-bond donors (Lipinski definition) is 1. The van der Waals surface area contributed by atoms with Crippen LogP contribution in [0.4, 0.5) is 5.69 Å². The first kappa shape index (κ1) is 20.3. The minimum Gasteiger partial charge on any atom is -0.331 e. The van der Waals surface area contributed by atoms with Gasteiger partial charge in [0.1, 0.15) is 11.0 Å². The molecule has 0 saturated carbocycles. The van der Waals surface area contributed by atoms with Crippen molar-refractivity contribution in [2.24, 2.45) is 0 Å². The molecule has 32 heavy (non-hydrogen) atoms. The van der Waals surface area contributed by atoms with E-state index in [0.717, 1.165) is 34.8 Å². The van der Waals surface area contributed by atoms with E-state index in [4.69, 9.17) is 0 Å². The highest BCUT2D eigenvalue weighted by Crippen LogP contribution is 2.35. The molecule has 1 atom stereocenters. The normalized spacial score (nSPS) is 15.4.